The number of hydrogen-bond donors (Lipinski definition) is 2. The maximum absolute atomic E-state index is 12.6. The van der Waals surface area contributed by atoms with E-state index in [0.29, 0.717) is 11.5 Å². The largest absolute Gasteiger partial charge is 0.373 e. The number of amides is 1. The predicted molar refractivity (Wildman–Crippen MR) is 95.9 cm³/mol. The van der Waals surface area contributed by atoms with Crippen molar-refractivity contribution in [3.8, 4) is 0 Å². The van der Waals surface area contributed by atoms with Gasteiger partial charge in [0.15, 0.2) is 0 Å². The maximum Gasteiger partial charge on any atom is 0.261 e. The lowest BCUT2D eigenvalue weighted by Gasteiger charge is -2.30. The third-order valence-electron chi connectivity index (χ3n) is 4.31. The Kier molecular flexibility index (Phi) is 4.33. The van der Waals surface area contributed by atoms with E-state index in [1.165, 1.54) is 17.4 Å². The normalized spacial score (nSPS) is 20.5. The van der Waals surface area contributed by atoms with Crippen LogP contribution in [0.25, 0.3) is 10.2 Å². The minimum atomic E-state index is -0.162. The summed E-state index contributed by atoms with van der Waals surface area (Å²) in [6.45, 7) is 0.601. The summed E-state index contributed by atoms with van der Waals surface area (Å²) in [6.07, 6.45) is 4.99. The highest BCUT2D eigenvalue weighted by Gasteiger charge is 2.26. The van der Waals surface area contributed by atoms with Crippen molar-refractivity contribution >= 4 is 27.5 Å². The maximum atomic E-state index is 12.6. The molecule has 7 heteroatoms. The van der Waals surface area contributed by atoms with Crippen molar-refractivity contribution in [3.63, 3.8) is 0 Å². The molecule has 3 aromatic rings. The Morgan fingerprint density at radius 3 is 3.12 bits per heavy atom. The number of H-pyrrole nitrogens is 1. The van der Waals surface area contributed by atoms with Crippen molar-refractivity contribution in [2.75, 3.05) is 6.61 Å². The van der Waals surface area contributed by atoms with E-state index in [4.69, 9.17) is 4.74 Å². The van der Waals surface area contributed by atoms with Gasteiger partial charge in [-0.15, -0.1) is 11.3 Å². The van der Waals surface area contributed by atoms with Gasteiger partial charge in [-0.1, -0.05) is 6.07 Å². The summed E-state index contributed by atoms with van der Waals surface area (Å²) >= 11 is 1.30. The van der Waals surface area contributed by atoms with E-state index >= 15 is 0 Å². The number of nitrogens with zero attached hydrogens (tertiary/aromatic N) is 1. The lowest BCUT2D eigenvalue weighted by molar-refractivity contribution is 0.000757. The van der Waals surface area contributed by atoms with Gasteiger partial charge in [0.2, 0.25) is 5.56 Å². The van der Waals surface area contributed by atoms with Gasteiger partial charge in [0.1, 0.15) is 4.83 Å². The molecule has 0 bridgehead atoms. The summed E-state index contributed by atoms with van der Waals surface area (Å²) < 4.78 is 5.81. The zero-order valence-electron chi connectivity index (χ0n) is 13.4. The van der Waals surface area contributed by atoms with Crippen molar-refractivity contribution in [2.45, 2.75) is 25.0 Å². The van der Waals surface area contributed by atoms with E-state index < -0.39 is 0 Å². The second-order valence-electron chi connectivity index (χ2n) is 6.06. The van der Waals surface area contributed by atoms with Gasteiger partial charge in [-0.25, -0.2) is 0 Å². The highest BCUT2D eigenvalue weighted by atomic mass is 32.1. The first kappa shape index (κ1) is 16.0. The van der Waals surface area contributed by atoms with Gasteiger partial charge in [0.25, 0.3) is 5.91 Å². The van der Waals surface area contributed by atoms with Crippen molar-refractivity contribution in [2.24, 2.45) is 0 Å². The first-order valence-electron chi connectivity index (χ1n) is 8.14. The second kappa shape index (κ2) is 6.78. The van der Waals surface area contributed by atoms with Gasteiger partial charge in [0, 0.05) is 36.5 Å². The summed E-state index contributed by atoms with van der Waals surface area (Å²) in [7, 11) is 0. The third-order valence-corrected chi connectivity index (χ3v) is 5.38. The zero-order chi connectivity index (χ0) is 17.2. The molecule has 1 saturated heterocycles. The Morgan fingerprint density at radius 2 is 2.28 bits per heavy atom. The molecule has 25 heavy (non-hydrogen) atoms. The fraction of sp³-hybridized carbons (Fsp3) is 0.278. The van der Waals surface area contributed by atoms with Crippen LogP contribution in [0, 0.1) is 0 Å². The highest BCUT2D eigenvalue weighted by molar-refractivity contribution is 7.20. The summed E-state index contributed by atoms with van der Waals surface area (Å²) in [6, 6.07) is 8.93. The van der Waals surface area contributed by atoms with E-state index in [2.05, 4.69) is 15.3 Å². The molecule has 4 heterocycles. The van der Waals surface area contributed by atoms with Crippen LogP contribution in [-0.4, -0.2) is 28.5 Å². The first-order chi connectivity index (χ1) is 12.2. The average molecular weight is 355 g/mol. The minimum absolute atomic E-state index is 0.0495. The van der Waals surface area contributed by atoms with Crippen LogP contribution >= 0.6 is 11.3 Å². The van der Waals surface area contributed by atoms with Crippen molar-refractivity contribution in [3.05, 3.63) is 63.5 Å². The number of fused-ring (bicyclic) bond motifs is 1. The van der Waals surface area contributed by atoms with Gasteiger partial charge in [0.05, 0.1) is 11.0 Å². The first-order valence-corrected chi connectivity index (χ1v) is 8.96. The number of nitrogens with one attached hydrogen (secondary N) is 2. The summed E-state index contributed by atoms with van der Waals surface area (Å²) in [4.78, 5) is 32.1. The van der Waals surface area contributed by atoms with E-state index in [1.807, 2.05) is 18.2 Å². The van der Waals surface area contributed by atoms with E-state index in [-0.39, 0.29) is 23.6 Å². The van der Waals surface area contributed by atoms with E-state index in [0.717, 1.165) is 28.6 Å². The van der Waals surface area contributed by atoms with Crippen LogP contribution in [0.3, 0.4) is 0 Å². The lowest BCUT2D eigenvalue weighted by atomic mass is 9.98. The summed E-state index contributed by atoms with van der Waals surface area (Å²) in [5.41, 5.74) is 0.867. The topological polar surface area (TPSA) is 84.1 Å². The van der Waals surface area contributed by atoms with Crippen LogP contribution < -0.4 is 10.9 Å². The smallest absolute Gasteiger partial charge is 0.261 e. The zero-order valence-corrected chi connectivity index (χ0v) is 14.2. The highest BCUT2D eigenvalue weighted by Crippen LogP contribution is 2.28. The number of thiophene rings is 1. The predicted octanol–water partition coefficient (Wildman–Crippen LogP) is 2.63. The average Bonchev–Trinajstić information content (AvgIpc) is 3.06. The quantitative estimate of drug-likeness (QED) is 0.756. The number of carbonyl (C=O) groups is 1. The molecule has 2 N–H and O–H groups in total. The molecular weight excluding hydrogens is 338 g/mol. The molecule has 2 atom stereocenters. The molecule has 3 aromatic heterocycles. The molecule has 0 spiro atoms. The monoisotopic (exact) mass is 355 g/mol. The number of aromatic nitrogens is 2. The molecule has 0 saturated carbocycles. The van der Waals surface area contributed by atoms with E-state index in [9.17, 15) is 9.59 Å². The molecule has 0 radical (unpaired) electrons. The second-order valence-corrected chi connectivity index (χ2v) is 7.11. The third kappa shape index (κ3) is 3.47. The molecule has 6 nitrogen and oxygen atoms in total. The number of rotatable bonds is 3. The van der Waals surface area contributed by atoms with E-state index in [1.54, 1.807) is 18.5 Å². The molecule has 1 aliphatic heterocycles. The van der Waals surface area contributed by atoms with Crippen molar-refractivity contribution in [1.29, 1.82) is 0 Å². The van der Waals surface area contributed by atoms with Gasteiger partial charge in [-0.2, -0.15) is 0 Å². The van der Waals surface area contributed by atoms with Crippen LogP contribution in [-0.2, 0) is 4.74 Å². The Balaban J connectivity index is 1.47. The Bertz CT molecular complexity index is 951. The fourth-order valence-corrected chi connectivity index (χ4v) is 3.99. The fourth-order valence-electron chi connectivity index (χ4n) is 3.04. The number of carbonyl (C=O) groups excluding carboxylic acids is 1. The van der Waals surface area contributed by atoms with Gasteiger partial charge < -0.3 is 15.0 Å². The Labute approximate surface area is 147 Å². The number of pyridine rings is 2. The van der Waals surface area contributed by atoms with Crippen molar-refractivity contribution in [1.82, 2.24) is 15.3 Å². The molecule has 0 aliphatic carbocycles. The molecular formula is C18H17N3O3S. The number of ether oxygens (including phenoxy) is 1. The van der Waals surface area contributed by atoms with Crippen LogP contribution in [0.2, 0.25) is 0 Å². The SMILES string of the molecule is O=C(NC1CCOC(c2cccnc2)C1)c1cc2ccc(=O)[nH]c2s1. The van der Waals surface area contributed by atoms with Crippen LogP contribution in [0.1, 0.15) is 34.2 Å². The molecule has 4 rings (SSSR count). The standard InChI is InChI=1S/C18H17N3O3S/c22-16-4-3-11-8-15(25-18(11)21-16)17(23)20-13-5-7-24-14(9-13)12-2-1-6-19-10-12/h1-4,6,8,10,13-14H,5,7,9H2,(H,20,23)(H,21,22). The molecule has 1 aliphatic rings. The summed E-state index contributed by atoms with van der Waals surface area (Å²) in [5, 5.41) is 3.96. The van der Waals surface area contributed by atoms with Crippen LogP contribution in [0.15, 0.2) is 47.5 Å². The lowest BCUT2D eigenvalue weighted by Crippen LogP contribution is -2.39. The van der Waals surface area contributed by atoms with Gasteiger partial charge in [-0.05, 0) is 36.6 Å². The van der Waals surface area contributed by atoms with Crippen molar-refractivity contribution < 1.29 is 9.53 Å². The van der Waals surface area contributed by atoms with Gasteiger partial charge >= 0.3 is 0 Å². The molecule has 128 valence electrons. The minimum Gasteiger partial charge on any atom is -0.373 e. The van der Waals surface area contributed by atoms with Gasteiger partial charge in [-0.3, -0.25) is 14.6 Å². The summed E-state index contributed by atoms with van der Waals surface area (Å²) in [5.74, 6) is -0.112. The molecule has 1 amide bonds. The molecule has 0 aromatic carbocycles. The molecule has 1 fully saturated rings. The Morgan fingerprint density at radius 1 is 1.36 bits per heavy atom. The van der Waals surface area contributed by atoms with Crippen LogP contribution in [0.5, 0.6) is 0 Å². The number of aromatic amines is 1. The van der Waals surface area contributed by atoms with Crippen LogP contribution in [0.4, 0.5) is 0 Å². The number of hydrogen-bond acceptors (Lipinski definition) is 5. The molecule has 2 unspecified atom stereocenters. The Hall–Kier alpha value is -2.51.